The fourth-order valence-corrected chi connectivity index (χ4v) is 3.14. The average Bonchev–Trinajstić information content (AvgIpc) is 2.61. The van der Waals surface area contributed by atoms with Gasteiger partial charge in [0.1, 0.15) is 6.04 Å². The number of anilines is 1. The van der Waals surface area contributed by atoms with Crippen molar-refractivity contribution in [3.05, 3.63) is 30.3 Å². The third-order valence-electron chi connectivity index (χ3n) is 4.61. The summed E-state index contributed by atoms with van der Waals surface area (Å²) in [6.45, 7) is 5.49. The third-order valence-corrected chi connectivity index (χ3v) is 4.61. The molecule has 0 spiro atoms. The topological polar surface area (TPSA) is 117 Å². The highest BCUT2D eigenvalue weighted by molar-refractivity contribution is 5.92. The van der Waals surface area contributed by atoms with Crippen molar-refractivity contribution < 1.29 is 14.4 Å². The van der Waals surface area contributed by atoms with E-state index in [1.807, 2.05) is 44.2 Å². The van der Waals surface area contributed by atoms with Gasteiger partial charge in [-0.2, -0.15) is 0 Å². The number of hydrogen-bond donors (Lipinski definition) is 4. The van der Waals surface area contributed by atoms with E-state index in [2.05, 4.69) is 20.9 Å². The second-order valence-electron chi connectivity index (χ2n) is 7.20. The van der Waals surface area contributed by atoms with Crippen LogP contribution in [0.4, 0.5) is 10.5 Å². The molecule has 1 saturated heterocycles. The van der Waals surface area contributed by atoms with Crippen LogP contribution < -0.4 is 21.7 Å². The van der Waals surface area contributed by atoms with Gasteiger partial charge in [0.05, 0.1) is 6.54 Å². The summed E-state index contributed by atoms with van der Waals surface area (Å²) in [7, 11) is 0. The molecule has 1 aliphatic rings. The fourth-order valence-electron chi connectivity index (χ4n) is 3.14. The minimum absolute atomic E-state index is 0.0295. The molecular formula is C19H29N5O3. The number of carbonyl (C=O) groups is 3. The van der Waals surface area contributed by atoms with Crippen LogP contribution in [-0.4, -0.2) is 54.5 Å². The molecule has 1 unspecified atom stereocenters. The second-order valence-corrected chi connectivity index (χ2v) is 7.20. The summed E-state index contributed by atoms with van der Waals surface area (Å²) in [5, 5.41) is 8.35. The van der Waals surface area contributed by atoms with E-state index in [0.717, 1.165) is 31.6 Å². The molecule has 1 aromatic rings. The number of benzene rings is 1. The van der Waals surface area contributed by atoms with Crippen LogP contribution in [-0.2, 0) is 9.59 Å². The zero-order valence-corrected chi connectivity index (χ0v) is 15.9. The van der Waals surface area contributed by atoms with E-state index in [0.29, 0.717) is 6.54 Å². The summed E-state index contributed by atoms with van der Waals surface area (Å²) in [4.78, 5) is 37.7. The molecule has 0 radical (unpaired) electrons. The molecule has 4 amide bonds. The number of hydrogen-bond acceptors (Lipinski definition) is 4. The highest BCUT2D eigenvalue weighted by atomic mass is 16.2. The highest BCUT2D eigenvalue weighted by Gasteiger charge is 2.27. The molecule has 1 aromatic carbocycles. The quantitative estimate of drug-likeness (QED) is 0.566. The highest BCUT2D eigenvalue weighted by Crippen LogP contribution is 2.12. The van der Waals surface area contributed by atoms with Crippen LogP contribution in [0.2, 0.25) is 0 Å². The van der Waals surface area contributed by atoms with Crippen LogP contribution in [0.3, 0.4) is 0 Å². The van der Waals surface area contributed by atoms with Crippen LogP contribution in [0.5, 0.6) is 0 Å². The smallest absolute Gasteiger partial charge is 0.312 e. The Morgan fingerprint density at radius 1 is 1.15 bits per heavy atom. The Balaban J connectivity index is 1.75. The van der Waals surface area contributed by atoms with Gasteiger partial charge in [-0.25, -0.2) is 4.79 Å². The number of rotatable bonds is 7. The number of primary amides is 1. The maximum atomic E-state index is 12.4. The average molecular weight is 375 g/mol. The number of urea groups is 1. The predicted molar refractivity (Wildman–Crippen MR) is 104 cm³/mol. The van der Waals surface area contributed by atoms with Crippen LogP contribution in [0.1, 0.15) is 26.7 Å². The van der Waals surface area contributed by atoms with E-state index in [4.69, 9.17) is 5.73 Å². The zero-order valence-electron chi connectivity index (χ0n) is 15.9. The summed E-state index contributed by atoms with van der Waals surface area (Å²) in [5.74, 6) is -0.322. The van der Waals surface area contributed by atoms with Gasteiger partial charge in [-0.05, 0) is 30.9 Å². The van der Waals surface area contributed by atoms with Crippen molar-refractivity contribution in [2.45, 2.75) is 38.8 Å². The number of likely N-dealkylation sites (tertiary alicyclic amines) is 1. The van der Waals surface area contributed by atoms with E-state index >= 15 is 0 Å². The molecule has 0 aromatic heterocycles. The first-order valence-electron chi connectivity index (χ1n) is 9.28. The number of nitrogens with one attached hydrogen (secondary N) is 3. The molecule has 27 heavy (non-hydrogen) atoms. The number of para-hydroxylation sites is 1. The molecular weight excluding hydrogens is 346 g/mol. The fraction of sp³-hybridized carbons (Fsp3) is 0.526. The molecule has 5 N–H and O–H groups in total. The Morgan fingerprint density at radius 3 is 2.33 bits per heavy atom. The summed E-state index contributed by atoms with van der Waals surface area (Å²) < 4.78 is 0. The lowest BCUT2D eigenvalue weighted by atomic mass is 10.0. The summed E-state index contributed by atoms with van der Waals surface area (Å²) in [6.07, 6.45) is 1.51. The molecule has 1 aliphatic heterocycles. The zero-order chi connectivity index (χ0) is 19.8. The standard InChI is InChI=1S/C19H29N5O3/c1-13(2)17(23-19(20)27)18(26)22-15-8-10-24(11-9-15)12-16(25)21-14-6-4-3-5-7-14/h3-7,13,15,17H,8-12H2,1-2H3,(H,21,25)(H,22,26)(H3,20,23,27). The van der Waals surface area contributed by atoms with Crippen LogP contribution in [0.25, 0.3) is 0 Å². The molecule has 0 bridgehead atoms. The van der Waals surface area contributed by atoms with Crippen molar-refractivity contribution in [2.75, 3.05) is 25.0 Å². The Labute approximate surface area is 159 Å². The SMILES string of the molecule is CC(C)C(NC(N)=O)C(=O)NC1CCN(CC(=O)Nc2ccccc2)CC1. The first-order chi connectivity index (χ1) is 12.8. The van der Waals surface area contributed by atoms with Gasteiger partial charge in [-0.3, -0.25) is 14.5 Å². The Bertz CT molecular complexity index is 642. The van der Waals surface area contributed by atoms with Gasteiger partial charge in [-0.15, -0.1) is 0 Å². The lowest BCUT2D eigenvalue weighted by Crippen LogP contribution is -2.55. The molecule has 8 nitrogen and oxygen atoms in total. The van der Waals surface area contributed by atoms with Crippen molar-refractivity contribution in [1.82, 2.24) is 15.5 Å². The van der Waals surface area contributed by atoms with Gasteiger partial charge in [0.25, 0.3) is 0 Å². The Hall–Kier alpha value is -2.61. The molecule has 148 valence electrons. The van der Waals surface area contributed by atoms with Crippen molar-refractivity contribution in [2.24, 2.45) is 11.7 Å². The van der Waals surface area contributed by atoms with E-state index in [1.165, 1.54) is 0 Å². The Kier molecular flexibility index (Phi) is 7.60. The molecule has 0 saturated carbocycles. The third kappa shape index (κ3) is 6.90. The van der Waals surface area contributed by atoms with E-state index in [9.17, 15) is 14.4 Å². The van der Waals surface area contributed by atoms with Gasteiger partial charge in [0.15, 0.2) is 0 Å². The molecule has 1 atom stereocenters. The number of amides is 4. The monoisotopic (exact) mass is 375 g/mol. The number of nitrogens with two attached hydrogens (primary N) is 1. The number of piperidine rings is 1. The lowest BCUT2D eigenvalue weighted by Gasteiger charge is -2.33. The molecule has 8 heteroatoms. The summed E-state index contributed by atoms with van der Waals surface area (Å²) >= 11 is 0. The van der Waals surface area contributed by atoms with Crippen molar-refractivity contribution in [3.8, 4) is 0 Å². The normalized spacial score (nSPS) is 16.6. The largest absolute Gasteiger partial charge is 0.352 e. The Morgan fingerprint density at radius 2 is 1.78 bits per heavy atom. The molecule has 1 heterocycles. The van der Waals surface area contributed by atoms with Gasteiger partial charge in [-0.1, -0.05) is 32.0 Å². The van der Waals surface area contributed by atoms with Crippen LogP contribution in [0, 0.1) is 5.92 Å². The lowest BCUT2D eigenvalue weighted by molar-refractivity contribution is -0.125. The molecule has 0 aliphatic carbocycles. The van der Waals surface area contributed by atoms with Crippen molar-refractivity contribution in [1.29, 1.82) is 0 Å². The van der Waals surface area contributed by atoms with Gasteiger partial charge >= 0.3 is 6.03 Å². The predicted octanol–water partition coefficient (Wildman–Crippen LogP) is 0.899. The van der Waals surface area contributed by atoms with Gasteiger partial charge in [0.2, 0.25) is 11.8 Å². The first-order valence-corrected chi connectivity index (χ1v) is 9.28. The van der Waals surface area contributed by atoms with Gasteiger partial charge in [0, 0.05) is 24.8 Å². The maximum absolute atomic E-state index is 12.4. The van der Waals surface area contributed by atoms with Crippen LogP contribution >= 0.6 is 0 Å². The van der Waals surface area contributed by atoms with Gasteiger partial charge < -0.3 is 21.7 Å². The van der Waals surface area contributed by atoms with Crippen LogP contribution in [0.15, 0.2) is 30.3 Å². The minimum Gasteiger partial charge on any atom is -0.352 e. The summed E-state index contributed by atoms with van der Waals surface area (Å²) in [6, 6.07) is 8.04. The van der Waals surface area contributed by atoms with E-state index < -0.39 is 12.1 Å². The second kappa shape index (κ2) is 9.91. The van der Waals surface area contributed by atoms with Crippen molar-refractivity contribution >= 4 is 23.5 Å². The minimum atomic E-state index is -0.705. The molecule has 2 rings (SSSR count). The first kappa shape index (κ1) is 20.7. The molecule has 1 fully saturated rings. The number of carbonyl (C=O) groups excluding carboxylic acids is 3. The van der Waals surface area contributed by atoms with E-state index in [-0.39, 0.29) is 23.8 Å². The van der Waals surface area contributed by atoms with Crippen molar-refractivity contribution in [3.63, 3.8) is 0 Å². The maximum Gasteiger partial charge on any atom is 0.312 e. The number of nitrogens with zero attached hydrogens (tertiary/aromatic N) is 1. The summed E-state index contributed by atoms with van der Waals surface area (Å²) in [5.41, 5.74) is 5.93. The van der Waals surface area contributed by atoms with E-state index in [1.54, 1.807) is 0 Å².